The number of anilines is 1. The molecule has 0 saturated heterocycles. The van der Waals surface area contributed by atoms with Gasteiger partial charge in [-0.25, -0.2) is 0 Å². The van der Waals surface area contributed by atoms with Crippen molar-refractivity contribution in [3.05, 3.63) is 118 Å². The van der Waals surface area contributed by atoms with E-state index in [1.165, 1.54) is 0 Å². The van der Waals surface area contributed by atoms with Gasteiger partial charge in [0.2, 0.25) is 0 Å². The molecule has 0 fully saturated rings. The second kappa shape index (κ2) is 12.4. The Balaban J connectivity index is 1.68. The number of nitrogens with two attached hydrogens (primary N) is 1. The zero-order chi connectivity index (χ0) is 36.4. The second-order valence-electron chi connectivity index (χ2n) is 15.8. The number of phenols is 1. The molecule has 258 valence electrons. The zero-order valence-corrected chi connectivity index (χ0v) is 30.7. The maximum Gasteiger partial charge on any atom is 0.193 e. The molecule has 0 saturated carbocycles. The maximum absolute atomic E-state index is 15.1. The third-order valence-electron chi connectivity index (χ3n) is 11.8. The van der Waals surface area contributed by atoms with Crippen molar-refractivity contribution in [1.29, 1.82) is 5.26 Å². The average molecular weight is 660 g/mol. The summed E-state index contributed by atoms with van der Waals surface area (Å²) in [6.45, 7) is 30.5. The van der Waals surface area contributed by atoms with Crippen LogP contribution >= 0.6 is 0 Å². The van der Waals surface area contributed by atoms with Crippen LogP contribution in [0.4, 0.5) is 5.69 Å². The highest BCUT2D eigenvalue weighted by Gasteiger charge is 2.65. The number of rotatable bonds is 9. The minimum Gasteiger partial charge on any atom is -0.505 e. The Kier molecular flexibility index (Phi) is 9.06. The number of Topliss-reactive ketones (excluding diaryl/α,β-unsaturated/α-hetero) is 1. The Morgan fingerprint density at radius 2 is 1.88 bits per heavy atom. The van der Waals surface area contributed by atoms with Crippen LogP contribution in [0, 0.1) is 39.4 Å². The van der Waals surface area contributed by atoms with Crippen molar-refractivity contribution in [3.63, 3.8) is 0 Å². The van der Waals surface area contributed by atoms with Crippen LogP contribution in [0.5, 0.6) is 5.75 Å². The molecule has 4 aliphatic carbocycles. The summed E-state index contributed by atoms with van der Waals surface area (Å²) in [5, 5.41) is 28.9. The van der Waals surface area contributed by atoms with E-state index in [-0.39, 0.29) is 23.4 Å². The minimum atomic E-state index is -0.694. The van der Waals surface area contributed by atoms with Crippen LogP contribution in [0.15, 0.2) is 101 Å². The van der Waals surface area contributed by atoms with Crippen LogP contribution in [-0.2, 0) is 13.0 Å². The number of ketones is 1. The van der Waals surface area contributed by atoms with Gasteiger partial charge in [-0.05, 0) is 86.4 Å². The van der Waals surface area contributed by atoms with Gasteiger partial charge in [0.05, 0.1) is 17.3 Å². The number of nitrogens with zero attached hydrogens (tertiary/aromatic N) is 2. The van der Waals surface area contributed by atoms with Crippen LogP contribution in [0.2, 0.25) is 0 Å². The zero-order valence-electron chi connectivity index (χ0n) is 30.7. The van der Waals surface area contributed by atoms with Crippen molar-refractivity contribution in [2.24, 2.45) is 33.8 Å². The van der Waals surface area contributed by atoms with Crippen LogP contribution < -0.4 is 16.4 Å². The SMILES string of the molecule is C=C(NC(=C)C1=CCCC=C1)Nc1cc(CN(C)C)c2c(c1O)C(=O)C1=C(C)[C@]3(C)C(=C)C(C(=C)N)=C(C#N)[C@@H](C(C)C)[C@]3(C)C[C@]1(C)C2. The van der Waals surface area contributed by atoms with Crippen LogP contribution in [0.3, 0.4) is 0 Å². The summed E-state index contributed by atoms with van der Waals surface area (Å²) in [5.74, 6) is 0.147. The predicted molar refractivity (Wildman–Crippen MR) is 200 cm³/mol. The van der Waals surface area contributed by atoms with Crippen molar-refractivity contribution in [1.82, 2.24) is 10.2 Å². The van der Waals surface area contributed by atoms with Gasteiger partial charge in [-0.2, -0.15) is 5.26 Å². The molecule has 1 aromatic carbocycles. The summed E-state index contributed by atoms with van der Waals surface area (Å²) in [6, 6.07) is 4.45. The fraction of sp³-hybridized carbons (Fsp3) is 0.429. The number of hydrogen-bond donors (Lipinski definition) is 4. The molecule has 4 atom stereocenters. The Hall–Kier alpha value is -4.54. The number of carbonyl (C=O) groups is 1. The Bertz CT molecular complexity index is 1880. The van der Waals surface area contributed by atoms with Gasteiger partial charge in [-0.3, -0.25) is 4.79 Å². The van der Waals surface area contributed by atoms with Crippen molar-refractivity contribution in [3.8, 4) is 11.8 Å². The molecule has 5 N–H and O–H groups in total. The van der Waals surface area contributed by atoms with Gasteiger partial charge in [0.15, 0.2) is 11.5 Å². The number of benzene rings is 1. The molecular formula is C42H53N5O2. The number of nitrogens with one attached hydrogen (secondary N) is 2. The van der Waals surface area contributed by atoms with E-state index in [9.17, 15) is 10.4 Å². The van der Waals surface area contributed by atoms with Crippen molar-refractivity contribution < 1.29 is 9.90 Å². The molecule has 0 radical (unpaired) electrons. The number of aromatic hydroxyl groups is 1. The van der Waals surface area contributed by atoms with Crippen molar-refractivity contribution >= 4 is 11.5 Å². The highest BCUT2D eigenvalue weighted by atomic mass is 16.3. The van der Waals surface area contributed by atoms with E-state index in [4.69, 9.17) is 5.73 Å². The third kappa shape index (κ3) is 5.41. The van der Waals surface area contributed by atoms with Gasteiger partial charge in [0.25, 0.3) is 0 Å². The lowest BCUT2D eigenvalue weighted by Gasteiger charge is -2.64. The summed E-state index contributed by atoms with van der Waals surface area (Å²) in [7, 11) is 3.99. The van der Waals surface area contributed by atoms with Gasteiger partial charge in [-0.15, -0.1) is 0 Å². The molecule has 0 aliphatic heterocycles. The molecule has 0 bridgehead atoms. The first-order chi connectivity index (χ1) is 22.8. The Morgan fingerprint density at radius 3 is 2.43 bits per heavy atom. The van der Waals surface area contributed by atoms with E-state index in [0.717, 1.165) is 40.7 Å². The fourth-order valence-electron chi connectivity index (χ4n) is 9.83. The minimum absolute atomic E-state index is 0.0982. The van der Waals surface area contributed by atoms with Crippen molar-refractivity contribution in [2.45, 2.75) is 73.8 Å². The smallest absolute Gasteiger partial charge is 0.193 e. The molecule has 0 unspecified atom stereocenters. The molecule has 1 aromatic rings. The molecule has 7 heteroatoms. The standard InChI is InChI=1S/C42H53N5O2/c1-23(2)36-32(20-43)34(26(5)44)24(3)42(10)25(4)37-39(49)35-31(19-40(37,8)22-41(36,42)9)30(21-47(11)12)18-33(38(35)48)46-28(7)45-27(6)29-16-14-13-15-17-29/h14,16-18,23,36,45-46,48H,3,5-7,13,15,19,21-22,44H2,1-2,4,8-12H3/t36-,40+,41+,42+/m1/s1. The van der Waals surface area contributed by atoms with E-state index >= 15 is 4.79 Å². The quantitative estimate of drug-likeness (QED) is 0.197. The van der Waals surface area contributed by atoms with Gasteiger partial charge in [0.1, 0.15) is 5.82 Å². The number of fused-ring (bicyclic) bond motifs is 3. The molecule has 0 aromatic heterocycles. The van der Waals surface area contributed by atoms with Gasteiger partial charge >= 0.3 is 0 Å². The maximum atomic E-state index is 15.1. The first kappa shape index (κ1) is 35.8. The molecule has 49 heavy (non-hydrogen) atoms. The summed E-state index contributed by atoms with van der Waals surface area (Å²) in [5.41, 5.74) is 12.8. The van der Waals surface area contributed by atoms with E-state index in [1.54, 1.807) is 0 Å². The molecular weight excluding hydrogens is 606 g/mol. The first-order valence-corrected chi connectivity index (χ1v) is 17.2. The third-order valence-corrected chi connectivity index (χ3v) is 11.8. The lowest BCUT2D eigenvalue weighted by Crippen LogP contribution is -2.58. The van der Waals surface area contributed by atoms with Crippen LogP contribution in [-0.4, -0.2) is 29.9 Å². The van der Waals surface area contributed by atoms with E-state index in [2.05, 4.69) is 94.7 Å². The summed E-state index contributed by atoms with van der Waals surface area (Å²) in [4.78, 5) is 17.1. The molecule has 5 rings (SSSR count). The number of hydrogen-bond acceptors (Lipinski definition) is 7. The summed E-state index contributed by atoms with van der Waals surface area (Å²) < 4.78 is 0. The molecule has 0 spiro atoms. The van der Waals surface area contributed by atoms with Crippen molar-refractivity contribution in [2.75, 3.05) is 19.4 Å². The lowest BCUT2D eigenvalue weighted by molar-refractivity contribution is -0.0109. The topological polar surface area (TPSA) is 114 Å². The van der Waals surface area contributed by atoms with E-state index in [1.807, 2.05) is 33.2 Å². The Labute approximate surface area is 293 Å². The van der Waals surface area contributed by atoms with Gasteiger partial charge in [-0.1, -0.05) is 84.7 Å². The summed E-state index contributed by atoms with van der Waals surface area (Å²) in [6.07, 6.45) is 9.45. The first-order valence-electron chi connectivity index (χ1n) is 17.2. The molecule has 7 nitrogen and oxygen atoms in total. The number of allylic oxidation sites excluding steroid dienone is 7. The highest BCUT2D eigenvalue weighted by Crippen LogP contribution is 2.71. The number of phenolic OH excluding ortho intramolecular Hbond substituents is 1. The molecule has 4 aliphatic rings. The monoisotopic (exact) mass is 659 g/mol. The average Bonchev–Trinajstić information content (AvgIpc) is 3.00. The second-order valence-corrected chi connectivity index (χ2v) is 15.8. The number of carbonyl (C=O) groups excluding carboxylic acids is 1. The van der Waals surface area contributed by atoms with Gasteiger partial charge in [0, 0.05) is 51.4 Å². The normalized spacial score (nSPS) is 27.7. The number of nitriles is 1. The molecule has 0 amide bonds. The van der Waals surface area contributed by atoms with Gasteiger partial charge < -0.3 is 26.4 Å². The van der Waals surface area contributed by atoms with Crippen LogP contribution in [0.25, 0.3) is 0 Å². The highest BCUT2D eigenvalue weighted by molar-refractivity contribution is 6.15. The lowest BCUT2D eigenvalue weighted by atomic mass is 9.38. The Morgan fingerprint density at radius 1 is 1.20 bits per heavy atom. The largest absolute Gasteiger partial charge is 0.505 e. The summed E-state index contributed by atoms with van der Waals surface area (Å²) >= 11 is 0. The van der Waals surface area contributed by atoms with Crippen LogP contribution in [0.1, 0.15) is 82.3 Å². The van der Waals surface area contributed by atoms with E-state index in [0.29, 0.717) is 64.6 Å². The van der Waals surface area contributed by atoms with E-state index < -0.39 is 16.2 Å². The predicted octanol–water partition coefficient (Wildman–Crippen LogP) is 8.33. The fourth-order valence-corrected chi connectivity index (χ4v) is 9.83. The molecule has 0 heterocycles.